The van der Waals surface area contributed by atoms with Crippen molar-refractivity contribution in [2.45, 2.75) is 6.92 Å². The normalized spacial score (nSPS) is 15.8. The standard InChI is InChI=1S/C19H13BrCl2N2O4/c1-9-3-4-11(8-14(9)21)24-18(26)12(17(25)23-19(24)27)5-10-6-13(20)16(28-2)15(22)7-10/h3-8H,1-2H3,(H,23,25,27)/b12-5-. The maximum Gasteiger partial charge on any atom is 0.335 e. The molecule has 0 atom stereocenters. The highest BCUT2D eigenvalue weighted by Crippen LogP contribution is 2.35. The van der Waals surface area contributed by atoms with E-state index in [2.05, 4.69) is 21.2 Å². The fourth-order valence-corrected chi connectivity index (χ4v) is 3.87. The summed E-state index contributed by atoms with van der Waals surface area (Å²) in [5.41, 5.74) is 1.31. The lowest BCUT2D eigenvalue weighted by atomic mass is 10.1. The van der Waals surface area contributed by atoms with Crippen molar-refractivity contribution < 1.29 is 19.1 Å². The summed E-state index contributed by atoms with van der Waals surface area (Å²) in [5, 5.41) is 2.85. The number of ether oxygens (including phenoxy) is 1. The van der Waals surface area contributed by atoms with Crippen molar-refractivity contribution in [3.8, 4) is 5.75 Å². The van der Waals surface area contributed by atoms with Crippen molar-refractivity contribution in [1.29, 1.82) is 0 Å². The van der Waals surface area contributed by atoms with Gasteiger partial charge < -0.3 is 4.74 Å². The van der Waals surface area contributed by atoms with Crippen molar-refractivity contribution in [2.24, 2.45) is 0 Å². The summed E-state index contributed by atoms with van der Waals surface area (Å²) in [6.07, 6.45) is 1.35. The van der Waals surface area contributed by atoms with Crippen molar-refractivity contribution in [3.63, 3.8) is 0 Å². The second-order valence-electron chi connectivity index (χ2n) is 5.91. The van der Waals surface area contributed by atoms with Gasteiger partial charge in [0.2, 0.25) is 0 Å². The molecule has 6 nitrogen and oxygen atoms in total. The number of nitrogens with zero attached hydrogens (tertiary/aromatic N) is 1. The van der Waals surface area contributed by atoms with E-state index in [1.54, 1.807) is 31.2 Å². The lowest BCUT2D eigenvalue weighted by Gasteiger charge is -2.26. The van der Waals surface area contributed by atoms with Crippen LogP contribution in [0, 0.1) is 6.92 Å². The predicted octanol–water partition coefficient (Wildman–Crippen LogP) is 4.74. The number of hydrogen-bond acceptors (Lipinski definition) is 4. The highest BCUT2D eigenvalue weighted by Gasteiger charge is 2.37. The number of nitrogens with one attached hydrogen (secondary N) is 1. The SMILES string of the molecule is COc1c(Cl)cc(/C=C2/C(=O)NC(=O)N(c3ccc(C)c(Cl)c3)C2=O)cc1Br. The average molecular weight is 484 g/mol. The molecular formula is C19H13BrCl2N2O4. The lowest BCUT2D eigenvalue weighted by Crippen LogP contribution is -2.54. The van der Waals surface area contributed by atoms with Crippen molar-refractivity contribution in [1.82, 2.24) is 5.32 Å². The van der Waals surface area contributed by atoms with Crippen LogP contribution in [0.5, 0.6) is 5.75 Å². The molecule has 0 saturated carbocycles. The lowest BCUT2D eigenvalue weighted by molar-refractivity contribution is -0.122. The van der Waals surface area contributed by atoms with Gasteiger partial charge in [0.25, 0.3) is 11.8 Å². The molecule has 1 heterocycles. The fraction of sp³-hybridized carbons (Fsp3) is 0.105. The molecule has 0 bridgehead atoms. The Morgan fingerprint density at radius 1 is 1.11 bits per heavy atom. The van der Waals surface area contributed by atoms with Crippen LogP contribution in [0.3, 0.4) is 0 Å². The Bertz CT molecular complexity index is 1030. The minimum atomic E-state index is -0.846. The molecule has 1 fully saturated rings. The van der Waals surface area contributed by atoms with E-state index < -0.39 is 17.8 Å². The van der Waals surface area contributed by atoms with E-state index in [1.807, 2.05) is 0 Å². The zero-order chi connectivity index (χ0) is 20.6. The minimum absolute atomic E-state index is 0.218. The Morgan fingerprint density at radius 3 is 2.43 bits per heavy atom. The zero-order valence-corrected chi connectivity index (χ0v) is 17.8. The van der Waals surface area contributed by atoms with Crippen LogP contribution in [-0.2, 0) is 9.59 Å². The van der Waals surface area contributed by atoms with Crippen molar-refractivity contribution in [2.75, 3.05) is 12.0 Å². The Morgan fingerprint density at radius 2 is 1.82 bits per heavy atom. The third kappa shape index (κ3) is 3.78. The van der Waals surface area contributed by atoms with Gasteiger partial charge in [-0.2, -0.15) is 0 Å². The van der Waals surface area contributed by atoms with Gasteiger partial charge in [0.15, 0.2) is 5.75 Å². The van der Waals surface area contributed by atoms with Crippen LogP contribution < -0.4 is 15.0 Å². The molecule has 4 amide bonds. The van der Waals surface area contributed by atoms with Gasteiger partial charge in [-0.15, -0.1) is 0 Å². The molecule has 1 saturated heterocycles. The van der Waals surface area contributed by atoms with Crippen molar-refractivity contribution >= 4 is 68.7 Å². The molecule has 0 aliphatic carbocycles. The second kappa shape index (κ2) is 7.95. The first kappa shape index (κ1) is 20.4. The van der Waals surface area contributed by atoms with Crippen LogP contribution in [0.4, 0.5) is 10.5 Å². The number of carbonyl (C=O) groups is 3. The predicted molar refractivity (Wildman–Crippen MR) is 111 cm³/mol. The molecule has 0 aromatic heterocycles. The molecule has 1 aliphatic rings. The van der Waals surface area contributed by atoms with Crippen LogP contribution >= 0.6 is 39.1 Å². The summed E-state index contributed by atoms with van der Waals surface area (Å²) in [7, 11) is 1.47. The molecule has 0 radical (unpaired) electrons. The number of imide groups is 2. The third-order valence-electron chi connectivity index (χ3n) is 4.05. The number of methoxy groups -OCH3 is 1. The largest absolute Gasteiger partial charge is 0.494 e. The monoisotopic (exact) mass is 482 g/mol. The molecule has 1 aliphatic heterocycles. The molecule has 28 heavy (non-hydrogen) atoms. The van der Waals surface area contributed by atoms with Gasteiger partial charge in [0.05, 0.1) is 22.3 Å². The van der Waals surface area contributed by atoms with E-state index in [1.165, 1.54) is 19.3 Å². The van der Waals surface area contributed by atoms with E-state index >= 15 is 0 Å². The van der Waals surface area contributed by atoms with E-state index in [9.17, 15) is 14.4 Å². The number of rotatable bonds is 3. The second-order valence-corrected chi connectivity index (χ2v) is 7.58. The molecule has 0 spiro atoms. The summed E-state index contributed by atoms with van der Waals surface area (Å²) in [6.45, 7) is 1.80. The number of aryl methyl sites for hydroxylation is 1. The third-order valence-corrected chi connectivity index (χ3v) is 5.33. The summed E-state index contributed by atoms with van der Waals surface area (Å²) in [5.74, 6) is -1.14. The number of urea groups is 1. The minimum Gasteiger partial charge on any atom is -0.494 e. The first-order valence-electron chi connectivity index (χ1n) is 7.93. The number of barbiturate groups is 1. The Kier molecular flexibility index (Phi) is 5.79. The van der Waals surface area contributed by atoms with Gasteiger partial charge in [-0.1, -0.05) is 29.3 Å². The molecule has 2 aromatic carbocycles. The highest BCUT2D eigenvalue weighted by molar-refractivity contribution is 9.10. The van der Waals surface area contributed by atoms with E-state index in [4.69, 9.17) is 27.9 Å². The summed E-state index contributed by atoms with van der Waals surface area (Å²) in [4.78, 5) is 38.3. The summed E-state index contributed by atoms with van der Waals surface area (Å²) < 4.78 is 5.71. The number of benzene rings is 2. The van der Waals surface area contributed by atoms with E-state index in [0.29, 0.717) is 25.8 Å². The van der Waals surface area contributed by atoms with Crippen LogP contribution in [-0.4, -0.2) is 25.0 Å². The quantitative estimate of drug-likeness (QED) is 0.505. The summed E-state index contributed by atoms with van der Waals surface area (Å²) in [6, 6.07) is 7.08. The number of anilines is 1. The Hall–Kier alpha value is -2.35. The smallest absolute Gasteiger partial charge is 0.335 e. The number of hydrogen-bond donors (Lipinski definition) is 1. The highest BCUT2D eigenvalue weighted by atomic mass is 79.9. The first-order chi connectivity index (χ1) is 13.2. The Balaban J connectivity index is 2.05. The molecule has 1 N–H and O–H groups in total. The molecule has 2 aromatic rings. The van der Waals surface area contributed by atoms with Gasteiger partial charge in [0, 0.05) is 5.02 Å². The molecule has 9 heteroatoms. The van der Waals surface area contributed by atoms with Gasteiger partial charge >= 0.3 is 6.03 Å². The van der Waals surface area contributed by atoms with Gasteiger partial charge in [-0.3, -0.25) is 14.9 Å². The van der Waals surface area contributed by atoms with Gasteiger partial charge in [0.1, 0.15) is 5.57 Å². The maximum atomic E-state index is 12.9. The maximum absolute atomic E-state index is 12.9. The zero-order valence-electron chi connectivity index (χ0n) is 14.7. The number of amides is 4. The average Bonchev–Trinajstić information content (AvgIpc) is 2.61. The van der Waals surface area contributed by atoms with Crippen LogP contribution in [0.25, 0.3) is 6.08 Å². The van der Waals surface area contributed by atoms with Crippen LogP contribution in [0.1, 0.15) is 11.1 Å². The molecule has 0 unspecified atom stereocenters. The molecular weight excluding hydrogens is 471 g/mol. The molecule has 3 rings (SSSR count). The van der Waals surface area contributed by atoms with Crippen molar-refractivity contribution in [3.05, 3.63) is 61.5 Å². The van der Waals surface area contributed by atoms with Crippen LogP contribution in [0.15, 0.2) is 40.4 Å². The Labute approximate surface area is 179 Å². The summed E-state index contributed by atoms with van der Waals surface area (Å²) >= 11 is 15.6. The topological polar surface area (TPSA) is 75.7 Å². The van der Waals surface area contributed by atoms with E-state index in [0.717, 1.165) is 10.5 Å². The van der Waals surface area contributed by atoms with E-state index in [-0.39, 0.29) is 11.3 Å². The fourth-order valence-electron chi connectivity index (χ4n) is 2.64. The van der Waals surface area contributed by atoms with Crippen LogP contribution in [0.2, 0.25) is 10.0 Å². The van der Waals surface area contributed by atoms with Gasteiger partial charge in [-0.25, -0.2) is 9.69 Å². The number of carbonyl (C=O) groups excluding carboxylic acids is 3. The number of halogens is 3. The van der Waals surface area contributed by atoms with Gasteiger partial charge in [-0.05, 0) is 64.3 Å². The molecule has 144 valence electrons. The first-order valence-corrected chi connectivity index (χ1v) is 9.48.